The molecule has 2 aromatic carbocycles. The van der Waals surface area contributed by atoms with Crippen LogP contribution in [0.15, 0.2) is 59.0 Å². The number of nitrogens with zero attached hydrogens (tertiary/aromatic N) is 1. The largest absolute Gasteiger partial charge is 0.264 e. The van der Waals surface area contributed by atoms with Gasteiger partial charge >= 0.3 is 0 Å². The molecule has 0 saturated heterocycles. The van der Waals surface area contributed by atoms with E-state index in [9.17, 15) is 8.42 Å². The summed E-state index contributed by atoms with van der Waals surface area (Å²) < 4.78 is 27.5. The number of benzene rings is 2. The fraction of sp³-hybridized carbons (Fsp3) is 0.176. The van der Waals surface area contributed by atoms with Crippen LogP contribution in [-0.2, 0) is 10.0 Å². The molecule has 1 heterocycles. The molecule has 0 aliphatic carbocycles. The number of anilines is 1. The SMILES string of the molecule is CC1=Cc2ccccc2N(S(=O)(=O)c2ccccc2C)C1. The van der Waals surface area contributed by atoms with E-state index in [1.165, 1.54) is 4.31 Å². The molecule has 0 unspecified atom stereocenters. The van der Waals surface area contributed by atoms with Crippen LogP contribution in [0.2, 0.25) is 0 Å². The van der Waals surface area contributed by atoms with E-state index < -0.39 is 10.0 Å². The van der Waals surface area contributed by atoms with Crippen molar-refractivity contribution in [1.82, 2.24) is 0 Å². The third kappa shape index (κ3) is 2.36. The first-order chi connectivity index (χ1) is 10.00. The summed E-state index contributed by atoms with van der Waals surface area (Å²) in [5.41, 5.74) is 3.48. The van der Waals surface area contributed by atoms with Crippen LogP contribution in [-0.4, -0.2) is 15.0 Å². The molecule has 4 heteroatoms. The van der Waals surface area contributed by atoms with Crippen LogP contribution in [0.4, 0.5) is 5.69 Å². The van der Waals surface area contributed by atoms with E-state index in [-0.39, 0.29) is 0 Å². The number of sulfonamides is 1. The summed E-state index contributed by atoms with van der Waals surface area (Å²) in [6.45, 7) is 4.18. The zero-order chi connectivity index (χ0) is 15.0. The van der Waals surface area contributed by atoms with E-state index in [1.54, 1.807) is 12.1 Å². The van der Waals surface area contributed by atoms with Crippen molar-refractivity contribution < 1.29 is 8.42 Å². The fourth-order valence-electron chi connectivity index (χ4n) is 2.64. The van der Waals surface area contributed by atoms with Crippen LogP contribution >= 0.6 is 0 Å². The second-order valence-electron chi connectivity index (χ2n) is 5.33. The third-order valence-electron chi connectivity index (χ3n) is 3.66. The van der Waals surface area contributed by atoms with Gasteiger partial charge in [-0.3, -0.25) is 4.31 Å². The predicted octanol–water partition coefficient (Wildman–Crippen LogP) is 3.61. The van der Waals surface area contributed by atoms with E-state index in [1.807, 2.05) is 56.3 Å². The molecule has 1 aliphatic rings. The van der Waals surface area contributed by atoms with Gasteiger partial charge in [-0.2, -0.15) is 0 Å². The van der Waals surface area contributed by atoms with Gasteiger partial charge in [0, 0.05) is 0 Å². The fourth-order valence-corrected chi connectivity index (χ4v) is 4.40. The average Bonchev–Trinajstić information content (AvgIpc) is 2.46. The summed E-state index contributed by atoms with van der Waals surface area (Å²) in [6.07, 6.45) is 2.04. The maximum absolute atomic E-state index is 13.0. The molecule has 21 heavy (non-hydrogen) atoms. The number of hydrogen-bond donors (Lipinski definition) is 0. The monoisotopic (exact) mass is 299 g/mol. The van der Waals surface area contributed by atoms with Crippen LogP contribution in [0.3, 0.4) is 0 Å². The van der Waals surface area contributed by atoms with Crippen LogP contribution in [0.25, 0.3) is 6.08 Å². The Morgan fingerprint density at radius 3 is 2.38 bits per heavy atom. The highest BCUT2D eigenvalue weighted by Crippen LogP contribution is 2.33. The van der Waals surface area contributed by atoms with Crippen molar-refractivity contribution in [3.8, 4) is 0 Å². The Hall–Kier alpha value is -2.07. The molecule has 0 spiro atoms. The predicted molar refractivity (Wildman–Crippen MR) is 85.8 cm³/mol. The van der Waals surface area contributed by atoms with E-state index >= 15 is 0 Å². The Balaban J connectivity index is 2.17. The van der Waals surface area contributed by atoms with Gasteiger partial charge in [-0.1, -0.05) is 48.0 Å². The molecule has 108 valence electrons. The Labute approximate surface area is 125 Å². The Kier molecular flexibility index (Phi) is 3.33. The lowest BCUT2D eigenvalue weighted by Gasteiger charge is -2.30. The zero-order valence-corrected chi connectivity index (χ0v) is 12.9. The maximum Gasteiger partial charge on any atom is 0.264 e. The Morgan fingerprint density at radius 2 is 1.62 bits per heavy atom. The summed E-state index contributed by atoms with van der Waals surface area (Å²) >= 11 is 0. The molecule has 0 radical (unpaired) electrons. The normalized spacial score (nSPS) is 14.6. The van der Waals surface area contributed by atoms with E-state index in [0.717, 1.165) is 22.4 Å². The first-order valence-electron chi connectivity index (χ1n) is 6.85. The summed E-state index contributed by atoms with van der Waals surface area (Å²) in [4.78, 5) is 0.370. The minimum Gasteiger partial charge on any atom is -0.262 e. The molecule has 0 amide bonds. The van der Waals surface area contributed by atoms with E-state index in [4.69, 9.17) is 0 Å². The van der Waals surface area contributed by atoms with Gasteiger partial charge in [0.25, 0.3) is 10.0 Å². The topological polar surface area (TPSA) is 37.4 Å². The van der Waals surface area contributed by atoms with Crippen molar-refractivity contribution in [2.75, 3.05) is 10.8 Å². The first kappa shape index (κ1) is 13.9. The second-order valence-corrected chi connectivity index (χ2v) is 7.16. The van der Waals surface area contributed by atoms with Crippen LogP contribution < -0.4 is 4.31 Å². The highest BCUT2D eigenvalue weighted by molar-refractivity contribution is 7.93. The van der Waals surface area contributed by atoms with Gasteiger partial charge in [-0.05, 0) is 37.1 Å². The highest BCUT2D eigenvalue weighted by atomic mass is 32.2. The lowest BCUT2D eigenvalue weighted by molar-refractivity contribution is 0.591. The third-order valence-corrected chi connectivity index (χ3v) is 5.58. The number of fused-ring (bicyclic) bond motifs is 1. The minimum absolute atomic E-state index is 0.370. The zero-order valence-electron chi connectivity index (χ0n) is 12.1. The van der Waals surface area contributed by atoms with Gasteiger partial charge in [-0.15, -0.1) is 0 Å². The molecular weight excluding hydrogens is 282 g/mol. The molecule has 3 nitrogen and oxygen atoms in total. The van der Waals surface area contributed by atoms with Crippen LogP contribution in [0.5, 0.6) is 0 Å². The maximum atomic E-state index is 13.0. The molecule has 0 bridgehead atoms. The van der Waals surface area contributed by atoms with Gasteiger partial charge in [-0.25, -0.2) is 8.42 Å². The van der Waals surface area contributed by atoms with Crippen molar-refractivity contribution in [1.29, 1.82) is 0 Å². The molecule has 1 aliphatic heterocycles. The van der Waals surface area contributed by atoms with Crippen molar-refractivity contribution in [2.24, 2.45) is 0 Å². The van der Waals surface area contributed by atoms with E-state index in [0.29, 0.717) is 11.4 Å². The standard InChI is InChI=1S/C17H17NO2S/c1-13-11-15-8-4-5-9-16(15)18(12-13)21(19,20)17-10-6-3-7-14(17)2/h3-11H,12H2,1-2H3. The number of hydrogen-bond acceptors (Lipinski definition) is 2. The van der Waals surface area contributed by atoms with Crippen molar-refractivity contribution in [3.05, 3.63) is 65.2 Å². The van der Waals surface area contributed by atoms with Gasteiger partial charge in [0.05, 0.1) is 17.1 Å². The minimum atomic E-state index is -3.55. The van der Waals surface area contributed by atoms with Gasteiger partial charge < -0.3 is 0 Å². The molecule has 3 rings (SSSR count). The number of para-hydroxylation sites is 1. The van der Waals surface area contributed by atoms with Gasteiger partial charge in [0.15, 0.2) is 0 Å². The van der Waals surface area contributed by atoms with Crippen molar-refractivity contribution in [2.45, 2.75) is 18.7 Å². The highest BCUT2D eigenvalue weighted by Gasteiger charge is 2.29. The summed E-state index contributed by atoms with van der Waals surface area (Å²) in [6, 6.07) is 14.7. The van der Waals surface area contributed by atoms with Gasteiger partial charge in [0.2, 0.25) is 0 Å². The second kappa shape index (κ2) is 5.04. The van der Waals surface area contributed by atoms with E-state index in [2.05, 4.69) is 0 Å². The van der Waals surface area contributed by atoms with Gasteiger partial charge in [0.1, 0.15) is 0 Å². The van der Waals surface area contributed by atoms with Crippen LogP contribution in [0.1, 0.15) is 18.1 Å². The Morgan fingerprint density at radius 1 is 0.952 bits per heavy atom. The average molecular weight is 299 g/mol. The Bertz CT molecular complexity index is 822. The molecular formula is C17H17NO2S. The van der Waals surface area contributed by atoms with Crippen LogP contribution in [0, 0.1) is 6.92 Å². The summed E-state index contributed by atoms with van der Waals surface area (Å²) in [7, 11) is -3.55. The molecule has 0 saturated carbocycles. The summed E-state index contributed by atoms with van der Waals surface area (Å²) in [5.74, 6) is 0. The number of aryl methyl sites for hydroxylation is 1. The first-order valence-corrected chi connectivity index (χ1v) is 8.29. The summed E-state index contributed by atoms with van der Waals surface area (Å²) in [5, 5.41) is 0. The molecule has 0 fully saturated rings. The molecule has 0 atom stereocenters. The quantitative estimate of drug-likeness (QED) is 0.849. The molecule has 0 aromatic heterocycles. The lowest BCUT2D eigenvalue weighted by atomic mass is 10.1. The lowest BCUT2D eigenvalue weighted by Crippen LogP contribution is -2.35. The molecule has 2 aromatic rings. The molecule has 0 N–H and O–H groups in total. The number of rotatable bonds is 2. The van der Waals surface area contributed by atoms with Crippen molar-refractivity contribution in [3.63, 3.8) is 0 Å². The van der Waals surface area contributed by atoms with Crippen molar-refractivity contribution >= 4 is 21.8 Å². The smallest absolute Gasteiger partial charge is 0.262 e.